The molecule has 3 rings (SSSR count). The zero-order valence-corrected chi connectivity index (χ0v) is 15.9. The highest BCUT2D eigenvalue weighted by atomic mass is 16.5. The van der Waals surface area contributed by atoms with E-state index in [0.717, 1.165) is 17.1 Å². The fraction of sp³-hybridized carbons (Fsp3) is 0.174. The second-order valence-electron chi connectivity index (χ2n) is 6.24. The SMILES string of the molecule is COc1cccc(COC(C)C(=O)Nc2cccc(Oc3ccccc3)c2)c1. The third-order valence-corrected chi connectivity index (χ3v) is 4.08. The molecule has 0 heterocycles. The van der Waals surface area contributed by atoms with Crippen molar-refractivity contribution in [2.45, 2.75) is 19.6 Å². The minimum absolute atomic E-state index is 0.222. The molecule has 3 aromatic carbocycles. The smallest absolute Gasteiger partial charge is 0.253 e. The fourth-order valence-corrected chi connectivity index (χ4v) is 2.57. The Bertz CT molecular complexity index is 911. The molecule has 0 saturated heterocycles. The standard InChI is InChI=1S/C23H23NO4/c1-17(27-16-18-8-6-12-21(14-18)26-2)23(25)24-19-9-7-13-22(15-19)28-20-10-4-3-5-11-20/h3-15,17H,16H2,1-2H3,(H,24,25). The van der Waals surface area contributed by atoms with Gasteiger partial charge in [0.25, 0.3) is 5.91 Å². The molecule has 1 amide bonds. The lowest BCUT2D eigenvalue weighted by molar-refractivity contribution is -0.127. The number of hydrogen-bond acceptors (Lipinski definition) is 4. The van der Waals surface area contributed by atoms with Crippen LogP contribution in [0.25, 0.3) is 0 Å². The Morgan fingerprint density at radius 1 is 0.893 bits per heavy atom. The Hall–Kier alpha value is -3.31. The van der Waals surface area contributed by atoms with Crippen LogP contribution >= 0.6 is 0 Å². The first kappa shape index (κ1) is 19.5. The number of carbonyl (C=O) groups excluding carboxylic acids is 1. The highest BCUT2D eigenvalue weighted by molar-refractivity contribution is 5.94. The summed E-state index contributed by atoms with van der Waals surface area (Å²) in [5.74, 6) is 1.92. The molecule has 0 bridgehead atoms. The number of anilines is 1. The Morgan fingerprint density at radius 2 is 1.61 bits per heavy atom. The van der Waals surface area contributed by atoms with Crippen LogP contribution in [0.5, 0.6) is 17.2 Å². The van der Waals surface area contributed by atoms with Crippen molar-refractivity contribution in [2.75, 3.05) is 12.4 Å². The van der Waals surface area contributed by atoms with Crippen molar-refractivity contribution >= 4 is 11.6 Å². The van der Waals surface area contributed by atoms with Crippen LogP contribution in [-0.4, -0.2) is 19.1 Å². The van der Waals surface area contributed by atoms with E-state index in [9.17, 15) is 4.79 Å². The number of carbonyl (C=O) groups is 1. The van der Waals surface area contributed by atoms with Crippen LogP contribution in [0.4, 0.5) is 5.69 Å². The molecule has 0 aliphatic heterocycles. The van der Waals surface area contributed by atoms with E-state index >= 15 is 0 Å². The van der Waals surface area contributed by atoms with Crippen LogP contribution < -0.4 is 14.8 Å². The van der Waals surface area contributed by atoms with Gasteiger partial charge in [-0.3, -0.25) is 4.79 Å². The van der Waals surface area contributed by atoms with E-state index in [0.29, 0.717) is 18.0 Å². The first-order valence-electron chi connectivity index (χ1n) is 9.02. The molecule has 0 fully saturated rings. The molecule has 1 N–H and O–H groups in total. The van der Waals surface area contributed by atoms with E-state index in [-0.39, 0.29) is 5.91 Å². The molecule has 5 nitrogen and oxygen atoms in total. The monoisotopic (exact) mass is 377 g/mol. The fourth-order valence-electron chi connectivity index (χ4n) is 2.57. The molecule has 1 unspecified atom stereocenters. The Kier molecular flexibility index (Phi) is 6.65. The Morgan fingerprint density at radius 3 is 2.39 bits per heavy atom. The van der Waals surface area contributed by atoms with Crippen LogP contribution in [-0.2, 0) is 16.1 Å². The molecule has 144 valence electrons. The number of para-hydroxylation sites is 1. The Labute approximate surface area is 164 Å². The van der Waals surface area contributed by atoms with Crippen molar-refractivity contribution in [3.63, 3.8) is 0 Å². The quantitative estimate of drug-likeness (QED) is 0.598. The number of ether oxygens (including phenoxy) is 3. The van der Waals surface area contributed by atoms with Gasteiger partial charge in [0, 0.05) is 11.8 Å². The van der Waals surface area contributed by atoms with Gasteiger partial charge in [-0.05, 0) is 48.9 Å². The van der Waals surface area contributed by atoms with Crippen molar-refractivity contribution in [2.24, 2.45) is 0 Å². The maximum Gasteiger partial charge on any atom is 0.253 e. The van der Waals surface area contributed by atoms with Crippen LogP contribution in [0, 0.1) is 0 Å². The summed E-state index contributed by atoms with van der Waals surface area (Å²) in [5.41, 5.74) is 1.59. The van der Waals surface area contributed by atoms with Crippen molar-refractivity contribution in [3.8, 4) is 17.2 Å². The average Bonchev–Trinajstić information content (AvgIpc) is 2.73. The van der Waals surface area contributed by atoms with Gasteiger partial charge >= 0.3 is 0 Å². The molecule has 0 saturated carbocycles. The number of rotatable bonds is 8. The summed E-state index contributed by atoms with van der Waals surface area (Å²) in [4.78, 5) is 12.4. The second kappa shape index (κ2) is 9.58. The lowest BCUT2D eigenvalue weighted by atomic mass is 10.2. The summed E-state index contributed by atoms with van der Waals surface area (Å²) < 4.78 is 16.7. The molecular weight excluding hydrogens is 354 g/mol. The van der Waals surface area contributed by atoms with Gasteiger partial charge < -0.3 is 19.5 Å². The molecule has 0 aliphatic carbocycles. The molecule has 5 heteroatoms. The van der Waals surface area contributed by atoms with E-state index in [1.54, 1.807) is 20.1 Å². The first-order chi connectivity index (χ1) is 13.6. The number of benzene rings is 3. The third-order valence-electron chi connectivity index (χ3n) is 4.08. The molecular formula is C23H23NO4. The van der Waals surface area contributed by atoms with Gasteiger partial charge in [-0.15, -0.1) is 0 Å². The van der Waals surface area contributed by atoms with Crippen LogP contribution in [0.2, 0.25) is 0 Å². The molecule has 1 atom stereocenters. The number of methoxy groups -OCH3 is 1. The highest BCUT2D eigenvalue weighted by Gasteiger charge is 2.14. The van der Waals surface area contributed by atoms with E-state index in [1.165, 1.54) is 0 Å². The maximum atomic E-state index is 12.4. The van der Waals surface area contributed by atoms with Crippen LogP contribution in [0.3, 0.4) is 0 Å². The van der Waals surface area contributed by atoms with Gasteiger partial charge in [0.2, 0.25) is 0 Å². The Balaban J connectivity index is 1.55. The highest BCUT2D eigenvalue weighted by Crippen LogP contribution is 2.24. The van der Waals surface area contributed by atoms with Gasteiger partial charge in [-0.25, -0.2) is 0 Å². The third kappa shape index (κ3) is 5.59. The number of amides is 1. The normalized spacial score (nSPS) is 11.5. The van der Waals surface area contributed by atoms with E-state index in [2.05, 4.69) is 5.32 Å². The van der Waals surface area contributed by atoms with Crippen molar-refractivity contribution in [1.82, 2.24) is 0 Å². The second-order valence-corrected chi connectivity index (χ2v) is 6.24. The predicted molar refractivity (Wildman–Crippen MR) is 109 cm³/mol. The van der Waals surface area contributed by atoms with E-state index in [4.69, 9.17) is 14.2 Å². The molecule has 3 aromatic rings. The van der Waals surface area contributed by atoms with Gasteiger partial charge in [-0.2, -0.15) is 0 Å². The zero-order chi connectivity index (χ0) is 19.8. The van der Waals surface area contributed by atoms with Gasteiger partial charge in [0.15, 0.2) is 0 Å². The molecule has 0 aromatic heterocycles. The largest absolute Gasteiger partial charge is 0.497 e. The lowest BCUT2D eigenvalue weighted by Crippen LogP contribution is -2.27. The first-order valence-corrected chi connectivity index (χ1v) is 9.02. The minimum atomic E-state index is -0.607. The maximum absolute atomic E-state index is 12.4. The van der Waals surface area contributed by atoms with Gasteiger partial charge in [0.05, 0.1) is 13.7 Å². The lowest BCUT2D eigenvalue weighted by Gasteiger charge is -2.14. The number of hydrogen-bond donors (Lipinski definition) is 1. The summed E-state index contributed by atoms with van der Waals surface area (Å²) in [6.45, 7) is 2.04. The molecule has 0 spiro atoms. The van der Waals surface area contributed by atoms with Crippen LogP contribution in [0.15, 0.2) is 78.9 Å². The van der Waals surface area contributed by atoms with Crippen LogP contribution in [0.1, 0.15) is 12.5 Å². The summed E-state index contributed by atoms with van der Waals surface area (Å²) in [6.07, 6.45) is -0.607. The van der Waals surface area contributed by atoms with Crippen molar-refractivity contribution < 1.29 is 19.0 Å². The van der Waals surface area contributed by atoms with E-state index in [1.807, 2.05) is 72.8 Å². The molecule has 28 heavy (non-hydrogen) atoms. The van der Waals surface area contributed by atoms with Crippen molar-refractivity contribution in [1.29, 1.82) is 0 Å². The summed E-state index contributed by atoms with van der Waals surface area (Å²) >= 11 is 0. The predicted octanol–water partition coefficient (Wildman–Crippen LogP) is 5.03. The zero-order valence-electron chi connectivity index (χ0n) is 15.9. The summed E-state index contributed by atoms with van der Waals surface area (Å²) in [6, 6.07) is 24.3. The molecule has 0 radical (unpaired) electrons. The topological polar surface area (TPSA) is 56.8 Å². The summed E-state index contributed by atoms with van der Waals surface area (Å²) in [5, 5.41) is 2.86. The van der Waals surface area contributed by atoms with Gasteiger partial charge in [0.1, 0.15) is 23.4 Å². The average molecular weight is 377 g/mol. The molecule has 0 aliphatic rings. The number of nitrogens with one attached hydrogen (secondary N) is 1. The van der Waals surface area contributed by atoms with Gasteiger partial charge in [-0.1, -0.05) is 36.4 Å². The minimum Gasteiger partial charge on any atom is -0.497 e. The van der Waals surface area contributed by atoms with Crippen molar-refractivity contribution in [3.05, 3.63) is 84.4 Å². The summed E-state index contributed by atoms with van der Waals surface area (Å²) in [7, 11) is 1.62. The van der Waals surface area contributed by atoms with E-state index < -0.39 is 6.10 Å².